The van der Waals surface area contributed by atoms with Crippen LogP contribution in [0.4, 0.5) is 4.39 Å². The molecule has 0 spiro atoms. The fraction of sp³-hybridized carbons (Fsp3) is 0.278. The van der Waals surface area contributed by atoms with Crippen LogP contribution in [-0.4, -0.2) is 37.1 Å². The molecule has 0 aliphatic carbocycles. The molecule has 3 rings (SSSR count). The first-order chi connectivity index (χ1) is 12.0. The number of ether oxygens (including phenoxy) is 2. The average molecular weight is 384 g/mol. The highest BCUT2D eigenvalue weighted by molar-refractivity contribution is 6.42. The maximum atomic E-state index is 13.0. The Hall–Kier alpha value is -1.82. The molecule has 2 aromatic rings. The zero-order chi connectivity index (χ0) is 17.8. The SMILES string of the molecule is O=C(COc1ccc(Cl)c(Cl)c1)N1CCOC(c2ccc(F)cc2)C1. The van der Waals surface area contributed by atoms with E-state index in [9.17, 15) is 9.18 Å². The van der Waals surface area contributed by atoms with E-state index in [0.717, 1.165) is 5.56 Å². The number of hydrogen-bond acceptors (Lipinski definition) is 3. The van der Waals surface area contributed by atoms with Crippen molar-refractivity contribution in [1.29, 1.82) is 0 Å². The lowest BCUT2D eigenvalue weighted by Gasteiger charge is -2.33. The van der Waals surface area contributed by atoms with Gasteiger partial charge in [0.2, 0.25) is 0 Å². The van der Waals surface area contributed by atoms with Gasteiger partial charge in [0.1, 0.15) is 17.7 Å². The Morgan fingerprint density at radius 3 is 2.68 bits per heavy atom. The molecule has 1 atom stereocenters. The summed E-state index contributed by atoms with van der Waals surface area (Å²) in [6.07, 6.45) is -0.275. The minimum Gasteiger partial charge on any atom is -0.484 e. The van der Waals surface area contributed by atoms with Crippen molar-refractivity contribution in [3.8, 4) is 5.75 Å². The van der Waals surface area contributed by atoms with Crippen LogP contribution in [0, 0.1) is 5.82 Å². The van der Waals surface area contributed by atoms with E-state index in [1.807, 2.05) is 0 Å². The molecule has 0 radical (unpaired) electrons. The minimum atomic E-state index is -0.303. The summed E-state index contributed by atoms with van der Waals surface area (Å²) < 4.78 is 24.2. The van der Waals surface area contributed by atoms with Crippen LogP contribution >= 0.6 is 23.2 Å². The molecule has 0 bridgehead atoms. The molecule has 0 N–H and O–H groups in total. The summed E-state index contributed by atoms with van der Waals surface area (Å²) in [5.74, 6) is 0.0232. The van der Waals surface area contributed by atoms with Crippen LogP contribution in [0.1, 0.15) is 11.7 Å². The number of halogens is 3. The van der Waals surface area contributed by atoms with Gasteiger partial charge in [0.15, 0.2) is 6.61 Å². The van der Waals surface area contributed by atoms with Gasteiger partial charge >= 0.3 is 0 Å². The molecule has 2 aromatic carbocycles. The van der Waals surface area contributed by atoms with E-state index in [1.165, 1.54) is 12.1 Å². The van der Waals surface area contributed by atoms with E-state index in [4.69, 9.17) is 32.7 Å². The molecule has 0 saturated carbocycles. The van der Waals surface area contributed by atoms with E-state index in [1.54, 1.807) is 35.2 Å². The van der Waals surface area contributed by atoms with Gasteiger partial charge in [-0.3, -0.25) is 4.79 Å². The first-order valence-corrected chi connectivity index (χ1v) is 8.51. The summed E-state index contributed by atoms with van der Waals surface area (Å²) in [5, 5.41) is 0.796. The summed E-state index contributed by atoms with van der Waals surface area (Å²) in [6, 6.07) is 10.9. The molecule has 4 nitrogen and oxygen atoms in total. The number of carbonyl (C=O) groups excluding carboxylic acids is 1. The van der Waals surface area contributed by atoms with Crippen LogP contribution in [-0.2, 0) is 9.53 Å². The smallest absolute Gasteiger partial charge is 0.260 e. The Kier molecular flexibility index (Phi) is 5.78. The summed E-state index contributed by atoms with van der Waals surface area (Å²) >= 11 is 11.8. The second-order valence-corrected chi connectivity index (χ2v) is 6.43. The second-order valence-electron chi connectivity index (χ2n) is 5.62. The maximum absolute atomic E-state index is 13.0. The quantitative estimate of drug-likeness (QED) is 0.797. The molecule has 1 aliphatic heterocycles. The number of benzene rings is 2. The lowest BCUT2D eigenvalue weighted by molar-refractivity contribution is -0.141. The second kappa shape index (κ2) is 8.04. The monoisotopic (exact) mass is 383 g/mol. The van der Waals surface area contributed by atoms with E-state index in [0.29, 0.717) is 35.5 Å². The predicted molar refractivity (Wildman–Crippen MR) is 93.6 cm³/mol. The molecule has 1 fully saturated rings. The average Bonchev–Trinajstić information content (AvgIpc) is 2.63. The molecule has 1 saturated heterocycles. The van der Waals surface area contributed by atoms with Gasteiger partial charge in [-0.15, -0.1) is 0 Å². The summed E-state index contributed by atoms with van der Waals surface area (Å²) in [4.78, 5) is 14.1. The lowest BCUT2D eigenvalue weighted by atomic mass is 10.1. The Labute approximate surface area is 155 Å². The number of amides is 1. The third-order valence-electron chi connectivity index (χ3n) is 3.91. The Balaban J connectivity index is 1.58. The van der Waals surface area contributed by atoms with Crippen molar-refractivity contribution in [3.63, 3.8) is 0 Å². The third-order valence-corrected chi connectivity index (χ3v) is 4.65. The summed E-state index contributed by atoms with van der Waals surface area (Å²) in [5.41, 5.74) is 0.837. The highest BCUT2D eigenvalue weighted by Gasteiger charge is 2.25. The van der Waals surface area contributed by atoms with E-state index >= 15 is 0 Å². The first kappa shape index (κ1) is 18.0. The van der Waals surface area contributed by atoms with Crippen LogP contribution in [0.25, 0.3) is 0 Å². The zero-order valence-electron chi connectivity index (χ0n) is 13.3. The van der Waals surface area contributed by atoms with Gasteiger partial charge in [0, 0.05) is 12.6 Å². The van der Waals surface area contributed by atoms with Crippen molar-refractivity contribution in [2.75, 3.05) is 26.3 Å². The summed E-state index contributed by atoms with van der Waals surface area (Å²) in [6.45, 7) is 1.20. The Bertz CT molecular complexity index is 754. The molecule has 1 heterocycles. The van der Waals surface area contributed by atoms with Gasteiger partial charge in [-0.1, -0.05) is 35.3 Å². The predicted octanol–water partition coefficient (Wildman–Crippen LogP) is 4.11. The van der Waals surface area contributed by atoms with E-state index in [-0.39, 0.29) is 24.4 Å². The van der Waals surface area contributed by atoms with Gasteiger partial charge in [-0.25, -0.2) is 4.39 Å². The molecule has 1 unspecified atom stereocenters. The van der Waals surface area contributed by atoms with Crippen LogP contribution in [0.5, 0.6) is 5.75 Å². The standard InChI is InChI=1S/C18H16Cl2FNO3/c19-15-6-5-14(9-16(15)20)25-11-18(23)22-7-8-24-17(10-22)12-1-3-13(21)4-2-12/h1-6,9,17H,7-8,10-11H2. The van der Waals surface area contributed by atoms with Crippen LogP contribution in [0.3, 0.4) is 0 Å². The molecule has 7 heteroatoms. The van der Waals surface area contributed by atoms with Crippen LogP contribution in [0.15, 0.2) is 42.5 Å². The van der Waals surface area contributed by atoms with Crippen LogP contribution < -0.4 is 4.74 Å². The molecule has 0 aromatic heterocycles. The van der Waals surface area contributed by atoms with Gasteiger partial charge in [0.25, 0.3) is 5.91 Å². The molecular weight excluding hydrogens is 368 g/mol. The number of hydrogen-bond donors (Lipinski definition) is 0. The van der Waals surface area contributed by atoms with Crippen molar-refractivity contribution >= 4 is 29.1 Å². The highest BCUT2D eigenvalue weighted by atomic mass is 35.5. The third kappa shape index (κ3) is 4.63. The minimum absolute atomic E-state index is 0.103. The fourth-order valence-electron chi connectivity index (χ4n) is 2.56. The van der Waals surface area contributed by atoms with Crippen molar-refractivity contribution in [1.82, 2.24) is 4.90 Å². The van der Waals surface area contributed by atoms with Gasteiger partial charge in [0.05, 0.1) is 23.2 Å². The highest BCUT2D eigenvalue weighted by Crippen LogP contribution is 2.26. The van der Waals surface area contributed by atoms with Crippen molar-refractivity contribution in [2.24, 2.45) is 0 Å². The van der Waals surface area contributed by atoms with Gasteiger partial charge in [-0.2, -0.15) is 0 Å². The summed E-state index contributed by atoms with van der Waals surface area (Å²) in [7, 11) is 0. The van der Waals surface area contributed by atoms with Crippen molar-refractivity contribution in [2.45, 2.75) is 6.10 Å². The number of nitrogens with zero attached hydrogens (tertiary/aromatic N) is 1. The molecule has 1 amide bonds. The Morgan fingerprint density at radius 1 is 1.20 bits per heavy atom. The number of morpholine rings is 1. The molecule has 25 heavy (non-hydrogen) atoms. The number of carbonyl (C=O) groups is 1. The zero-order valence-corrected chi connectivity index (χ0v) is 14.8. The molecular formula is C18H16Cl2FNO3. The van der Waals surface area contributed by atoms with Crippen LogP contribution in [0.2, 0.25) is 10.0 Å². The topological polar surface area (TPSA) is 38.8 Å². The lowest BCUT2D eigenvalue weighted by Crippen LogP contribution is -2.44. The van der Waals surface area contributed by atoms with Crippen molar-refractivity contribution in [3.05, 3.63) is 63.9 Å². The number of rotatable bonds is 4. The molecule has 1 aliphatic rings. The Morgan fingerprint density at radius 2 is 1.96 bits per heavy atom. The van der Waals surface area contributed by atoms with Gasteiger partial charge < -0.3 is 14.4 Å². The van der Waals surface area contributed by atoms with E-state index in [2.05, 4.69) is 0 Å². The van der Waals surface area contributed by atoms with Gasteiger partial charge in [-0.05, 0) is 29.8 Å². The largest absolute Gasteiger partial charge is 0.484 e. The van der Waals surface area contributed by atoms with Crippen molar-refractivity contribution < 1.29 is 18.7 Å². The fourth-order valence-corrected chi connectivity index (χ4v) is 2.85. The molecule has 132 valence electrons. The first-order valence-electron chi connectivity index (χ1n) is 7.75. The van der Waals surface area contributed by atoms with E-state index < -0.39 is 0 Å². The maximum Gasteiger partial charge on any atom is 0.260 e. The normalized spacial score (nSPS) is 17.4.